The number of carboxylic acid groups (broad SMARTS) is 1. The van der Waals surface area contributed by atoms with Gasteiger partial charge in [0.1, 0.15) is 17.8 Å². The van der Waals surface area contributed by atoms with Crippen molar-refractivity contribution in [2.45, 2.75) is 63.7 Å². The van der Waals surface area contributed by atoms with Gasteiger partial charge < -0.3 is 25.6 Å². The highest BCUT2D eigenvalue weighted by Gasteiger charge is 2.33. The van der Waals surface area contributed by atoms with E-state index < -0.39 is 41.2 Å². The van der Waals surface area contributed by atoms with Crippen molar-refractivity contribution in [1.82, 2.24) is 10.6 Å². The quantitative estimate of drug-likeness (QED) is 0.268. The number of carbonyl (C=O) groups is 3. The summed E-state index contributed by atoms with van der Waals surface area (Å²) in [6, 6.07) is 13.1. The fourth-order valence-corrected chi connectivity index (χ4v) is 3.63. The van der Waals surface area contributed by atoms with E-state index in [1.807, 2.05) is 44.2 Å². The lowest BCUT2D eigenvalue weighted by molar-refractivity contribution is -0.143. The van der Waals surface area contributed by atoms with Gasteiger partial charge in [0.15, 0.2) is 0 Å². The highest BCUT2D eigenvalue weighted by atomic mass is 32.1. The van der Waals surface area contributed by atoms with Crippen LogP contribution in [0.2, 0.25) is 0 Å². The molecule has 190 valence electrons. The predicted molar refractivity (Wildman–Crippen MR) is 136 cm³/mol. The molecule has 0 heterocycles. The Morgan fingerprint density at radius 3 is 2.14 bits per heavy atom. The number of aliphatic carboxylic acids is 1. The maximum absolute atomic E-state index is 13.2. The van der Waals surface area contributed by atoms with Crippen molar-refractivity contribution >= 4 is 30.4 Å². The van der Waals surface area contributed by atoms with Crippen LogP contribution in [0.15, 0.2) is 54.6 Å². The Morgan fingerprint density at radius 1 is 0.943 bits per heavy atom. The summed E-state index contributed by atoms with van der Waals surface area (Å²) in [6.07, 6.45) is -0.0185. The van der Waals surface area contributed by atoms with E-state index in [4.69, 9.17) is 4.74 Å². The lowest BCUT2D eigenvalue weighted by atomic mass is 10.0. The molecule has 9 heteroatoms. The fraction of sp³-hybridized carbons (Fsp3) is 0.423. The largest absolute Gasteiger partial charge is 0.508 e. The molecule has 0 radical (unpaired) electrons. The van der Waals surface area contributed by atoms with Gasteiger partial charge in [0.05, 0.1) is 18.0 Å². The maximum atomic E-state index is 13.2. The third-order valence-electron chi connectivity index (χ3n) is 5.85. The predicted octanol–water partition coefficient (Wildman–Crippen LogP) is 2.94. The van der Waals surface area contributed by atoms with Gasteiger partial charge in [0.25, 0.3) is 0 Å². The molecular formula is C26H34N2O6S. The molecule has 0 aliphatic heterocycles. The molecule has 2 rings (SSSR count). The first-order valence-electron chi connectivity index (χ1n) is 11.6. The third-order valence-corrected chi connectivity index (χ3v) is 6.59. The summed E-state index contributed by atoms with van der Waals surface area (Å²) in [5.74, 6) is -2.29. The standard InChI is InChI=1S/C26H34N2O6S/c1-4-16(2)23(35)25(31)28-22(17(3)34-15-19-8-6-5-7-9-19)24(30)27-21(26(32)33)14-18-10-12-20(29)13-11-18/h5-13,16-17,21-23,29,35H,4,14-15H2,1-3H3,(H,27,30)(H,28,31)(H,32,33)/t16?,17?,21-,22?,23?/m0/s1. The van der Waals surface area contributed by atoms with Crippen molar-refractivity contribution in [3.63, 3.8) is 0 Å². The minimum Gasteiger partial charge on any atom is -0.508 e. The van der Waals surface area contributed by atoms with Gasteiger partial charge in [-0.25, -0.2) is 4.79 Å². The Labute approximate surface area is 211 Å². The van der Waals surface area contributed by atoms with Crippen LogP contribution >= 0.6 is 12.6 Å². The first-order valence-corrected chi connectivity index (χ1v) is 12.1. The van der Waals surface area contributed by atoms with E-state index in [2.05, 4.69) is 23.3 Å². The zero-order valence-electron chi connectivity index (χ0n) is 20.2. The molecule has 0 saturated carbocycles. The lowest BCUT2D eigenvalue weighted by Crippen LogP contribution is -2.58. The molecule has 0 aromatic heterocycles. The van der Waals surface area contributed by atoms with Gasteiger partial charge in [-0.05, 0) is 36.1 Å². The van der Waals surface area contributed by atoms with Gasteiger partial charge in [0.2, 0.25) is 11.8 Å². The monoisotopic (exact) mass is 502 g/mol. The average Bonchev–Trinajstić information content (AvgIpc) is 2.85. The SMILES string of the molecule is CCC(C)C(S)C(=O)NC(C(=O)N[C@@H](Cc1ccc(O)cc1)C(=O)O)C(C)OCc1ccccc1. The molecule has 35 heavy (non-hydrogen) atoms. The number of phenols is 1. The summed E-state index contributed by atoms with van der Waals surface area (Å²) in [4.78, 5) is 37.9. The Hall–Kier alpha value is -3.04. The van der Waals surface area contributed by atoms with Crippen molar-refractivity contribution in [2.24, 2.45) is 5.92 Å². The van der Waals surface area contributed by atoms with Crippen LogP contribution in [0.25, 0.3) is 0 Å². The van der Waals surface area contributed by atoms with Crippen LogP contribution in [0.3, 0.4) is 0 Å². The van der Waals surface area contributed by atoms with Crippen LogP contribution in [-0.4, -0.2) is 51.4 Å². The highest BCUT2D eigenvalue weighted by molar-refractivity contribution is 7.81. The Balaban J connectivity index is 2.17. The molecule has 4 N–H and O–H groups in total. The summed E-state index contributed by atoms with van der Waals surface area (Å²) in [6.45, 7) is 5.70. The van der Waals surface area contributed by atoms with Gasteiger partial charge in [-0.2, -0.15) is 12.6 Å². The third kappa shape index (κ3) is 8.92. The lowest BCUT2D eigenvalue weighted by Gasteiger charge is -2.28. The molecule has 0 spiro atoms. The van der Waals surface area contributed by atoms with Gasteiger partial charge in [0, 0.05) is 6.42 Å². The van der Waals surface area contributed by atoms with Gasteiger partial charge in [-0.1, -0.05) is 62.7 Å². The number of rotatable bonds is 13. The van der Waals surface area contributed by atoms with Crippen molar-refractivity contribution in [3.05, 3.63) is 65.7 Å². The normalized spacial score (nSPS) is 15.3. The van der Waals surface area contributed by atoms with Crippen LogP contribution < -0.4 is 10.6 Å². The van der Waals surface area contributed by atoms with Gasteiger partial charge in [-0.15, -0.1) is 0 Å². The molecule has 2 amide bonds. The number of carbonyl (C=O) groups excluding carboxylic acids is 2. The Bertz CT molecular complexity index is 970. The molecule has 0 fully saturated rings. The highest BCUT2D eigenvalue weighted by Crippen LogP contribution is 2.16. The summed E-state index contributed by atoms with van der Waals surface area (Å²) >= 11 is 4.40. The zero-order valence-corrected chi connectivity index (χ0v) is 21.1. The number of thiol groups is 1. The van der Waals surface area contributed by atoms with E-state index in [1.54, 1.807) is 19.1 Å². The minimum atomic E-state index is -1.24. The zero-order chi connectivity index (χ0) is 26.0. The molecule has 0 aliphatic rings. The molecule has 0 bridgehead atoms. The Morgan fingerprint density at radius 2 is 1.57 bits per heavy atom. The average molecular weight is 503 g/mol. The molecule has 0 aliphatic carbocycles. The molecule has 8 nitrogen and oxygen atoms in total. The summed E-state index contributed by atoms with van der Waals surface area (Å²) in [5.41, 5.74) is 1.52. The second-order valence-corrected chi connectivity index (χ2v) is 9.14. The van der Waals surface area contributed by atoms with Crippen LogP contribution in [0.5, 0.6) is 5.75 Å². The second-order valence-electron chi connectivity index (χ2n) is 8.59. The number of aromatic hydroxyl groups is 1. The van der Waals surface area contributed by atoms with E-state index >= 15 is 0 Å². The number of ether oxygens (including phenoxy) is 1. The van der Waals surface area contributed by atoms with Crippen molar-refractivity contribution in [2.75, 3.05) is 0 Å². The fourth-order valence-electron chi connectivity index (χ4n) is 3.34. The number of amides is 2. The van der Waals surface area contributed by atoms with E-state index in [1.165, 1.54) is 12.1 Å². The summed E-state index contributed by atoms with van der Waals surface area (Å²) in [5, 5.41) is 23.7. The first-order chi connectivity index (χ1) is 16.6. The van der Waals surface area contributed by atoms with Crippen molar-refractivity contribution in [3.8, 4) is 5.75 Å². The first kappa shape index (κ1) is 28.2. The number of carboxylic acids is 1. The molecule has 4 unspecified atom stereocenters. The summed E-state index contributed by atoms with van der Waals surface area (Å²) in [7, 11) is 0. The van der Waals surface area contributed by atoms with Crippen LogP contribution in [0.1, 0.15) is 38.3 Å². The topological polar surface area (TPSA) is 125 Å². The second kappa shape index (κ2) is 13.7. The van der Waals surface area contributed by atoms with Gasteiger partial charge in [-0.3, -0.25) is 9.59 Å². The molecule has 5 atom stereocenters. The number of hydrogen-bond donors (Lipinski definition) is 5. The number of benzene rings is 2. The smallest absolute Gasteiger partial charge is 0.326 e. The summed E-state index contributed by atoms with van der Waals surface area (Å²) < 4.78 is 5.88. The number of nitrogens with one attached hydrogen (secondary N) is 2. The van der Waals surface area contributed by atoms with E-state index in [-0.39, 0.29) is 24.7 Å². The maximum Gasteiger partial charge on any atom is 0.326 e. The van der Waals surface area contributed by atoms with E-state index in [0.717, 1.165) is 12.0 Å². The number of phenolic OH excluding ortho intramolecular Hbond substituents is 1. The van der Waals surface area contributed by atoms with Crippen LogP contribution in [0.4, 0.5) is 0 Å². The minimum absolute atomic E-state index is 0.00331. The van der Waals surface area contributed by atoms with Crippen molar-refractivity contribution in [1.29, 1.82) is 0 Å². The van der Waals surface area contributed by atoms with E-state index in [0.29, 0.717) is 5.56 Å². The molecule has 0 saturated heterocycles. The van der Waals surface area contributed by atoms with Crippen LogP contribution in [0, 0.1) is 5.92 Å². The van der Waals surface area contributed by atoms with E-state index in [9.17, 15) is 24.6 Å². The van der Waals surface area contributed by atoms with Crippen LogP contribution in [-0.2, 0) is 32.1 Å². The molecule has 2 aromatic carbocycles. The van der Waals surface area contributed by atoms with Gasteiger partial charge >= 0.3 is 5.97 Å². The number of hydrogen-bond acceptors (Lipinski definition) is 6. The van der Waals surface area contributed by atoms with Crippen molar-refractivity contribution < 1.29 is 29.3 Å². The molecule has 2 aromatic rings. The molecular weight excluding hydrogens is 468 g/mol. The Kier molecular flexibility index (Phi) is 11.1.